The predicted molar refractivity (Wildman–Crippen MR) is 79.5 cm³/mol. The summed E-state index contributed by atoms with van der Waals surface area (Å²) < 4.78 is 14.0. The zero-order valence-electron chi connectivity index (χ0n) is 9.98. The van der Waals surface area contributed by atoms with Gasteiger partial charge in [0, 0.05) is 20.4 Å². The van der Waals surface area contributed by atoms with Crippen LogP contribution in [0.3, 0.4) is 0 Å². The standard InChI is InChI=1S/C13H9Cl2FN2OS/c14-8-2-3-9(15)12(6-8)20-11-4-1-7(5-10(11)16)13(17)18-19/h1-6,19H,(H2,17,18). The molecule has 0 aliphatic rings. The van der Waals surface area contributed by atoms with Gasteiger partial charge in [0.25, 0.3) is 0 Å². The van der Waals surface area contributed by atoms with Crippen LogP contribution in [0.5, 0.6) is 0 Å². The fraction of sp³-hybridized carbons (Fsp3) is 0. The van der Waals surface area contributed by atoms with E-state index in [4.69, 9.17) is 34.1 Å². The molecule has 0 bridgehead atoms. The second-order valence-corrected chi connectivity index (χ2v) is 5.73. The Kier molecular flexibility index (Phi) is 4.75. The smallest absolute Gasteiger partial charge is 0.170 e. The van der Waals surface area contributed by atoms with Crippen molar-refractivity contribution >= 4 is 40.8 Å². The van der Waals surface area contributed by atoms with E-state index in [1.165, 1.54) is 12.1 Å². The van der Waals surface area contributed by atoms with Gasteiger partial charge in [-0.05, 0) is 36.4 Å². The van der Waals surface area contributed by atoms with Crippen molar-refractivity contribution in [2.45, 2.75) is 9.79 Å². The Labute approximate surface area is 129 Å². The fourth-order valence-corrected chi connectivity index (χ4v) is 2.83. The molecule has 0 saturated heterocycles. The summed E-state index contributed by atoms with van der Waals surface area (Å²) in [5.74, 6) is -0.642. The van der Waals surface area contributed by atoms with Gasteiger partial charge in [-0.1, -0.05) is 40.1 Å². The van der Waals surface area contributed by atoms with Crippen LogP contribution in [-0.2, 0) is 0 Å². The van der Waals surface area contributed by atoms with Gasteiger partial charge < -0.3 is 10.9 Å². The summed E-state index contributed by atoms with van der Waals surface area (Å²) in [4.78, 5) is 1.01. The molecule has 3 nitrogen and oxygen atoms in total. The SMILES string of the molecule is N/C(=N\O)c1ccc(Sc2cc(Cl)ccc2Cl)c(F)c1. The first-order chi connectivity index (χ1) is 9.51. The molecule has 20 heavy (non-hydrogen) atoms. The molecule has 7 heteroatoms. The predicted octanol–water partition coefficient (Wildman–Crippen LogP) is 4.38. The van der Waals surface area contributed by atoms with Crippen molar-refractivity contribution in [2.75, 3.05) is 0 Å². The third kappa shape index (κ3) is 3.36. The van der Waals surface area contributed by atoms with Crippen molar-refractivity contribution in [3.63, 3.8) is 0 Å². The van der Waals surface area contributed by atoms with Crippen molar-refractivity contribution in [2.24, 2.45) is 10.9 Å². The highest BCUT2D eigenvalue weighted by atomic mass is 35.5. The van der Waals surface area contributed by atoms with Gasteiger partial charge in [-0.25, -0.2) is 4.39 Å². The number of hydrogen-bond donors (Lipinski definition) is 2. The first-order valence-electron chi connectivity index (χ1n) is 5.41. The van der Waals surface area contributed by atoms with Gasteiger partial charge in [0.1, 0.15) is 5.82 Å². The van der Waals surface area contributed by atoms with E-state index in [0.717, 1.165) is 11.8 Å². The number of amidine groups is 1. The van der Waals surface area contributed by atoms with Crippen LogP contribution in [0.25, 0.3) is 0 Å². The van der Waals surface area contributed by atoms with Crippen molar-refractivity contribution < 1.29 is 9.60 Å². The van der Waals surface area contributed by atoms with E-state index in [1.807, 2.05) is 0 Å². The molecule has 104 valence electrons. The van der Waals surface area contributed by atoms with Crippen LogP contribution in [-0.4, -0.2) is 11.0 Å². The summed E-state index contributed by atoms with van der Waals surface area (Å²) in [6.07, 6.45) is 0. The molecular weight excluding hydrogens is 322 g/mol. The van der Waals surface area contributed by atoms with Crippen LogP contribution in [0.1, 0.15) is 5.56 Å². The first-order valence-corrected chi connectivity index (χ1v) is 6.99. The average Bonchev–Trinajstić information content (AvgIpc) is 2.44. The zero-order valence-corrected chi connectivity index (χ0v) is 12.3. The first kappa shape index (κ1) is 15.0. The second kappa shape index (κ2) is 6.35. The van der Waals surface area contributed by atoms with E-state index < -0.39 is 5.82 Å². The molecular formula is C13H9Cl2FN2OS. The lowest BCUT2D eigenvalue weighted by Crippen LogP contribution is -2.13. The lowest BCUT2D eigenvalue weighted by Gasteiger charge is -2.07. The van der Waals surface area contributed by atoms with Crippen LogP contribution in [0.4, 0.5) is 4.39 Å². The molecule has 0 aromatic heterocycles. The summed E-state index contributed by atoms with van der Waals surface area (Å²) in [6, 6.07) is 9.24. The number of halogens is 3. The van der Waals surface area contributed by atoms with Crippen LogP contribution in [0.2, 0.25) is 10.0 Å². The lowest BCUT2D eigenvalue weighted by atomic mass is 10.2. The molecule has 0 unspecified atom stereocenters. The zero-order chi connectivity index (χ0) is 14.7. The molecule has 0 spiro atoms. The Hall–Kier alpha value is -1.43. The number of hydrogen-bond acceptors (Lipinski definition) is 3. The molecule has 2 rings (SSSR count). The maximum atomic E-state index is 14.0. The molecule has 0 heterocycles. The van der Waals surface area contributed by atoms with Gasteiger partial charge in [-0.2, -0.15) is 0 Å². The third-order valence-electron chi connectivity index (χ3n) is 2.45. The Morgan fingerprint density at radius 1 is 1.15 bits per heavy atom. The monoisotopic (exact) mass is 330 g/mol. The van der Waals surface area contributed by atoms with E-state index in [2.05, 4.69) is 5.16 Å². The Balaban J connectivity index is 2.33. The van der Waals surface area contributed by atoms with E-state index in [0.29, 0.717) is 25.4 Å². The molecule has 0 fully saturated rings. The minimum absolute atomic E-state index is 0.152. The maximum absolute atomic E-state index is 14.0. The Morgan fingerprint density at radius 3 is 2.55 bits per heavy atom. The van der Waals surface area contributed by atoms with Crippen molar-refractivity contribution in [1.29, 1.82) is 0 Å². The van der Waals surface area contributed by atoms with Gasteiger partial charge >= 0.3 is 0 Å². The molecule has 2 aromatic carbocycles. The van der Waals surface area contributed by atoms with E-state index in [1.54, 1.807) is 24.3 Å². The molecule has 0 aliphatic heterocycles. The molecule has 0 aliphatic carbocycles. The maximum Gasteiger partial charge on any atom is 0.170 e. The molecule has 3 N–H and O–H groups in total. The summed E-state index contributed by atoms with van der Waals surface area (Å²) in [7, 11) is 0. The largest absolute Gasteiger partial charge is 0.409 e. The molecule has 2 aromatic rings. The lowest BCUT2D eigenvalue weighted by molar-refractivity contribution is 0.318. The van der Waals surface area contributed by atoms with Gasteiger partial charge in [0.15, 0.2) is 5.84 Å². The minimum atomic E-state index is -0.491. The highest BCUT2D eigenvalue weighted by Crippen LogP contribution is 2.36. The highest BCUT2D eigenvalue weighted by Gasteiger charge is 2.10. The topological polar surface area (TPSA) is 58.6 Å². The summed E-state index contributed by atoms with van der Waals surface area (Å²) in [5.41, 5.74) is 5.70. The van der Waals surface area contributed by atoms with Crippen molar-refractivity contribution in [3.8, 4) is 0 Å². The fourth-order valence-electron chi connectivity index (χ4n) is 1.47. The molecule has 0 saturated carbocycles. The Morgan fingerprint density at radius 2 is 1.90 bits per heavy atom. The van der Waals surface area contributed by atoms with Crippen LogP contribution < -0.4 is 5.73 Å². The number of rotatable bonds is 3. The minimum Gasteiger partial charge on any atom is -0.409 e. The Bertz CT molecular complexity index is 679. The van der Waals surface area contributed by atoms with Gasteiger partial charge in [-0.15, -0.1) is 0 Å². The van der Waals surface area contributed by atoms with Gasteiger partial charge in [0.2, 0.25) is 0 Å². The quantitative estimate of drug-likeness (QED) is 0.380. The summed E-state index contributed by atoms with van der Waals surface area (Å²) >= 11 is 13.1. The normalized spacial score (nSPS) is 11.7. The van der Waals surface area contributed by atoms with Crippen molar-refractivity contribution in [3.05, 3.63) is 57.8 Å². The number of benzene rings is 2. The van der Waals surface area contributed by atoms with Crippen LogP contribution >= 0.6 is 35.0 Å². The molecule has 0 radical (unpaired) electrons. The van der Waals surface area contributed by atoms with Crippen LogP contribution in [0, 0.1) is 5.82 Å². The molecule has 0 amide bonds. The van der Waals surface area contributed by atoms with Crippen LogP contribution in [0.15, 0.2) is 51.3 Å². The van der Waals surface area contributed by atoms with Gasteiger partial charge in [-0.3, -0.25) is 0 Å². The van der Waals surface area contributed by atoms with Crippen molar-refractivity contribution in [1.82, 2.24) is 0 Å². The number of oxime groups is 1. The number of nitrogens with zero attached hydrogens (tertiary/aromatic N) is 1. The third-order valence-corrected chi connectivity index (χ3v) is 4.23. The number of nitrogens with two attached hydrogens (primary N) is 1. The highest BCUT2D eigenvalue weighted by molar-refractivity contribution is 7.99. The van der Waals surface area contributed by atoms with E-state index in [-0.39, 0.29) is 5.84 Å². The summed E-state index contributed by atoms with van der Waals surface area (Å²) in [5, 5.41) is 12.4. The summed E-state index contributed by atoms with van der Waals surface area (Å²) in [6.45, 7) is 0. The average molecular weight is 331 g/mol. The second-order valence-electron chi connectivity index (χ2n) is 3.81. The molecule has 0 atom stereocenters. The van der Waals surface area contributed by atoms with E-state index >= 15 is 0 Å². The van der Waals surface area contributed by atoms with E-state index in [9.17, 15) is 4.39 Å². The van der Waals surface area contributed by atoms with Gasteiger partial charge in [0.05, 0.1) is 5.02 Å².